The van der Waals surface area contributed by atoms with Gasteiger partial charge in [0, 0.05) is 51.2 Å². The van der Waals surface area contributed by atoms with Crippen molar-refractivity contribution in [2.24, 2.45) is 0 Å². The Morgan fingerprint density at radius 3 is 1.37 bits per heavy atom. The molecule has 0 aliphatic carbocycles. The van der Waals surface area contributed by atoms with Crippen molar-refractivity contribution in [1.29, 1.82) is 0 Å². The summed E-state index contributed by atoms with van der Waals surface area (Å²) in [6.07, 6.45) is 0. The number of nitrogens with zero attached hydrogens (tertiary/aromatic N) is 3. The van der Waals surface area contributed by atoms with Gasteiger partial charge in [-0.15, -0.1) is 0 Å². The van der Waals surface area contributed by atoms with Gasteiger partial charge >= 0.3 is 0 Å². The van der Waals surface area contributed by atoms with Crippen molar-refractivity contribution in [1.82, 2.24) is 0 Å². The first-order valence-electron chi connectivity index (χ1n) is 15.8. The number of anilines is 9. The molecule has 4 heteroatoms. The summed E-state index contributed by atoms with van der Waals surface area (Å²) in [6.45, 7) is 0.0608. The van der Waals surface area contributed by atoms with Crippen LogP contribution >= 0.6 is 0 Å². The molecule has 3 nitrogen and oxygen atoms in total. The van der Waals surface area contributed by atoms with E-state index in [1.54, 1.807) is 0 Å². The third kappa shape index (κ3) is 4.15. The van der Waals surface area contributed by atoms with Crippen LogP contribution in [0, 0.1) is 0 Å². The number of benzene rings is 7. The molecule has 0 radical (unpaired) electrons. The average Bonchev–Trinajstić information content (AvgIpc) is 3.13. The second kappa shape index (κ2) is 10.9. The first kappa shape index (κ1) is 26.4. The Morgan fingerprint density at radius 1 is 0.348 bits per heavy atom. The molecule has 0 spiro atoms. The molecule has 0 saturated heterocycles. The van der Waals surface area contributed by atoms with Gasteiger partial charge in [-0.2, -0.15) is 0 Å². The second-order valence-electron chi connectivity index (χ2n) is 11.8. The molecule has 7 aromatic rings. The van der Waals surface area contributed by atoms with Gasteiger partial charge in [-0.05, 0) is 101 Å². The highest BCUT2D eigenvalue weighted by Gasteiger charge is 2.43. The first-order valence-corrected chi connectivity index (χ1v) is 15.8. The summed E-state index contributed by atoms with van der Waals surface area (Å²) in [6, 6.07) is 65.6. The summed E-state index contributed by atoms with van der Waals surface area (Å²) in [4.78, 5) is 7.24. The fraction of sp³-hybridized carbons (Fsp3) is 0. The van der Waals surface area contributed by atoms with Crippen molar-refractivity contribution in [3.05, 3.63) is 182 Å². The van der Waals surface area contributed by atoms with Crippen molar-refractivity contribution in [2.75, 3.05) is 14.7 Å². The Kier molecular flexibility index (Phi) is 6.24. The highest BCUT2D eigenvalue weighted by atomic mass is 15.2. The summed E-state index contributed by atoms with van der Waals surface area (Å²) in [5.41, 5.74) is 14.5. The molecule has 9 rings (SSSR count). The smallest absolute Gasteiger partial charge is 0.252 e. The van der Waals surface area contributed by atoms with Crippen molar-refractivity contribution in [3.8, 4) is 0 Å². The molecule has 7 aromatic carbocycles. The Labute approximate surface area is 270 Å². The Hall–Kier alpha value is -6.00. The lowest BCUT2D eigenvalue weighted by molar-refractivity contribution is 1.24. The molecule has 0 unspecified atom stereocenters. The van der Waals surface area contributed by atoms with Gasteiger partial charge in [0.15, 0.2) is 0 Å². The van der Waals surface area contributed by atoms with Crippen LogP contribution in [0.25, 0.3) is 0 Å². The van der Waals surface area contributed by atoms with Crippen LogP contribution < -0.4 is 31.1 Å². The van der Waals surface area contributed by atoms with Crippen LogP contribution in [0.4, 0.5) is 51.2 Å². The normalized spacial score (nSPS) is 12.7. The van der Waals surface area contributed by atoms with Crippen LogP contribution in [0.3, 0.4) is 0 Å². The van der Waals surface area contributed by atoms with Crippen molar-refractivity contribution >= 4 is 74.3 Å². The molecule has 0 amide bonds. The molecule has 46 heavy (non-hydrogen) atoms. The van der Waals surface area contributed by atoms with Crippen molar-refractivity contribution < 1.29 is 0 Å². The maximum absolute atomic E-state index is 2.45. The SMILES string of the molecule is c1ccc(N(c2ccccc2)c2ccc3c(c2)B2c4ccccc4N(c4ccccc4)c4cccc(c42)N3c2ccccc2)cc1. The minimum atomic E-state index is 0.0608. The lowest BCUT2D eigenvalue weighted by Gasteiger charge is -2.44. The van der Waals surface area contributed by atoms with Gasteiger partial charge in [-0.3, -0.25) is 0 Å². The predicted octanol–water partition coefficient (Wildman–Crippen LogP) is 9.24. The van der Waals surface area contributed by atoms with E-state index >= 15 is 0 Å². The molecule has 0 atom stereocenters. The highest BCUT2D eigenvalue weighted by molar-refractivity contribution is 7.00. The molecule has 2 aliphatic heterocycles. The summed E-state index contributed by atoms with van der Waals surface area (Å²) in [7, 11) is 0. The summed E-state index contributed by atoms with van der Waals surface area (Å²) >= 11 is 0. The summed E-state index contributed by atoms with van der Waals surface area (Å²) < 4.78 is 0. The standard InChI is InChI=1S/C42H30BN3/c1-5-16-31(17-6-1)44(32-18-7-2-8-19-32)35-28-29-39-37(30-35)43-36-24-13-14-25-38(36)45(33-20-9-3-10-21-33)40-26-15-27-41(42(40)43)46(39)34-22-11-4-12-23-34/h1-30H. The molecule has 0 N–H and O–H groups in total. The number of para-hydroxylation sites is 5. The van der Waals surface area contributed by atoms with Gasteiger partial charge in [0.2, 0.25) is 0 Å². The molecular weight excluding hydrogens is 557 g/mol. The molecule has 0 bridgehead atoms. The average molecular weight is 588 g/mol. The Morgan fingerprint density at radius 2 is 0.804 bits per heavy atom. The van der Waals surface area contributed by atoms with Gasteiger partial charge in [0.1, 0.15) is 0 Å². The lowest BCUT2D eigenvalue weighted by Crippen LogP contribution is -2.61. The fourth-order valence-electron chi connectivity index (χ4n) is 7.33. The molecule has 0 fully saturated rings. The molecular formula is C42H30BN3. The monoisotopic (exact) mass is 587 g/mol. The van der Waals surface area contributed by atoms with E-state index in [4.69, 9.17) is 0 Å². The van der Waals surface area contributed by atoms with E-state index in [1.807, 2.05) is 0 Å². The summed E-state index contributed by atoms with van der Waals surface area (Å²) in [5, 5.41) is 0. The minimum Gasteiger partial charge on any atom is -0.311 e. The number of hydrogen-bond donors (Lipinski definition) is 0. The van der Waals surface area contributed by atoms with Crippen LogP contribution in [-0.4, -0.2) is 6.71 Å². The van der Waals surface area contributed by atoms with Gasteiger partial charge in [-0.1, -0.05) is 97.1 Å². The molecule has 216 valence electrons. The lowest BCUT2D eigenvalue weighted by atomic mass is 9.33. The van der Waals surface area contributed by atoms with E-state index in [0.717, 1.165) is 28.4 Å². The van der Waals surface area contributed by atoms with Gasteiger partial charge in [0.05, 0.1) is 0 Å². The minimum absolute atomic E-state index is 0.0608. The van der Waals surface area contributed by atoms with Crippen molar-refractivity contribution in [3.63, 3.8) is 0 Å². The maximum Gasteiger partial charge on any atom is 0.252 e. The maximum atomic E-state index is 2.45. The number of fused-ring (bicyclic) bond motifs is 4. The zero-order valence-corrected chi connectivity index (χ0v) is 25.2. The van der Waals surface area contributed by atoms with E-state index < -0.39 is 0 Å². The second-order valence-corrected chi connectivity index (χ2v) is 11.8. The van der Waals surface area contributed by atoms with Gasteiger partial charge < -0.3 is 14.7 Å². The van der Waals surface area contributed by atoms with E-state index in [1.165, 1.54) is 39.1 Å². The zero-order chi connectivity index (χ0) is 30.5. The molecule has 0 aromatic heterocycles. The topological polar surface area (TPSA) is 9.72 Å². The Balaban J connectivity index is 1.33. The quantitative estimate of drug-likeness (QED) is 0.186. The first-order chi connectivity index (χ1) is 22.9. The van der Waals surface area contributed by atoms with Gasteiger partial charge in [0.25, 0.3) is 6.71 Å². The third-order valence-electron chi connectivity index (χ3n) is 9.20. The molecule has 0 saturated carbocycles. The van der Waals surface area contributed by atoms with Crippen molar-refractivity contribution in [2.45, 2.75) is 0 Å². The Bertz CT molecular complexity index is 2120. The fourth-order valence-corrected chi connectivity index (χ4v) is 7.33. The third-order valence-corrected chi connectivity index (χ3v) is 9.20. The zero-order valence-electron chi connectivity index (χ0n) is 25.2. The predicted molar refractivity (Wildman–Crippen MR) is 195 cm³/mol. The molecule has 2 heterocycles. The van der Waals surface area contributed by atoms with E-state index in [-0.39, 0.29) is 6.71 Å². The van der Waals surface area contributed by atoms with Crippen LogP contribution in [-0.2, 0) is 0 Å². The number of rotatable bonds is 5. The van der Waals surface area contributed by atoms with Crippen LogP contribution in [0.2, 0.25) is 0 Å². The highest BCUT2D eigenvalue weighted by Crippen LogP contribution is 2.44. The number of hydrogen-bond acceptors (Lipinski definition) is 3. The van der Waals surface area contributed by atoms with Crippen LogP contribution in [0.5, 0.6) is 0 Å². The molecule has 2 aliphatic rings. The van der Waals surface area contributed by atoms with Crippen LogP contribution in [0.15, 0.2) is 182 Å². The van der Waals surface area contributed by atoms with E-state index in [2.05, 4.69) is 197 Å². The largest absolute Gasteiger partial charge is 0.311 e. The summed E-state index contributed by atoms with van der Waals surface area (Å²) in [5.74, 6) is 0. The van der Waals surface area contributed by atoms with E-state index in [9.17, 15) is 0 Å². The van der Waals surface area contributed by atoms with Gasteiger partial charge in [-0.25, -0.2) is 0 Å². The van der Waals surface area contributed by atoms with Crippen LogP contribution in [0.1, 0.15) is 0 Å². The van der Waals surface area contributed by atoms with E-state index in [0.29, 0.717) is 0 Å².